The Labute approximate surface area is 114 Å². The van der Waals surface area contributed by atoms with Crippen LogP contribution in [0.2, 0.25) is 0 Å². The molecule has 1 aromatic carbocycles. The average Bonchev–Trinajstić information content (AvgIpc) is 2.89. The Hall–Kier alpha value is -2.02. The van der Waals surface area contributed by atoms with Crippen LogP contribution in [-0.4, -0.2) is 22.9 Å². The van der Waals surface area contributed by atoms with Crippen LogP contribution in [0.1, 0.15) is 24.4 Å². The Morgan fingerprint density at radius 3 is 2.70 bits per heavy atom. The highest BCUT2D eigenvalue weighted by Crippen LogP contribution is 2.32. The molecule has 0 saturated carbocycles. The predicted octanol–water partition coefficient (Wildman–Crippen LogP) is 3.01. The lowest BCUT2D eigenvalue weighted by atomic mass is 10.1. The molecule has 108 valence electrons. The van der Waals surface area contributed by atoms with Crippen LogP contribution < -0.4 is 10.1 Å². The minimum atomic E-state index is -4.73. The number of H-pyrrole nitrogens is 1. The van der Waals surface area contributed by atoms with Crippen LogP contribution in [0.15, 0.2) is 36.7 Å². The highest BCUT2D eigenvalue weighted by atomic mass is 19.4. The molecule has 0 fully saturated rings. The number of hydrogen-bond acceptors (Lipinski definition) is 3. The minimum Gasteiger partial charge on any atom is -0.405 e. The number of rotatable bonds is 5. The Balaban J connectivity index is 2.38. The summed E-state index contributed by atoms with van der Waals surface area (Å²) >= 11 is 0. The van der Waals surface area contributed by atoms with Gasteiger partial charge in [0.25, 0.3) is 0 Å². The number of para-hydroxylation sites is 1. The zero-order valence-corrected chi connectivity index (χ0v) is 10.7. The third-order valence-corrected chi connectivity index (χ3v) is 2.66. The zero-order chi connectivity index (χ0) is 14.6. The second-order valence-corrected chi connectivity index (χ2v) is 4.05. The predicted molar refractivity (Wildman–Crippen MR) is 67.2 cm³/mol. The lowest BCUT2D eigenvalue weighted by molar-refractivity contribution is -0.275. The van der Waals surface area contributed by atoms with Crippen LogP contribution in [-0.2, 0) is 0 Å². The summed E-state index contributed by atoms with van der Waals surface area (Å²) in [5.74, 6) is 0.299. The summed E-state index contributed by atoms with van der Waals surface area (Å²) in [4.78, 5) is 6.99. The normalized spacial score (nSPS) is 13.2. The molecule has 1 unspecified atom stereocenters. The molecule has 1 heterocycles. The van der Waals surface area contributed by atoms with Gasteiger partial charge in [-0.05, 0) is 12.6 Å². The molecule has 7 heteroatoms. The van der Waals surface area contributed by atoms with E-state index in [0.717, 1.165) is 0 Å². The Morgan fingerprint density at radius 1 is 1.35 bits per heavy atom. The molecule has 20 heavy (non-hydrogen) atoms. The summed E-state index contributed by atoms with van der Waals surface area (Å²) in [6.45, 7) is 2.44. The SMILES string of the molecule is CCNC(c1ncc[nH]1)c1ccccc1OC(F)(F)F. The third-order valence-electron chi connectivity index (χ3n) is 2.66. The van der Waals surface area contributed by atoms with E-state index in [0.29, 0.717) is 17.9 Å². The monoisotopic (exact) mass is 285 g/mol. The van der Waals surface area contributed by atoms with Crippen LogP contribution in [0, 0.1) is 0 Å². The molecule has 0 amide bonds. The lowest BCUT2D eigenvalue weighted by Gasteiger charge is -2.20. The number of nitrogens with one attached hydrogen (secondary N) is 2. The van der Waals surface area contributed by atoms with Crippen molar-refractivity contribution >= 4 is 0 Å². The molecule has 2 aromatic rings. The largest absolute Gasteiger partial charge is 0.573 e. The van der Waals surface area contributed by atoms with E-state index >= 15 is 0 Å². The first-order valence-corrected chi connectivity index (χ1v) is 6.08. The van der Waals surface area contributed by atoms with Crippen LogP contribution >= 0.6 is 0 Å². The van der Waals surface area contributed by atoms with Crippen molar-refractivity contribution in [2.24, 2.45) is 0 Å². The molecule has 1 aromatic heterocycles. The van der Waals surface area contributed by atoms with Crippen molar-refractivity contribution in [3.8, 4) is 5.75 Å². The maximum atomic E-state index is 12.4. The van der Waals surface area contributed by atoms with E-state index in [-0.39, 0.29) is 5.75 Å². The second kappa shape index (κ2) is 5.96. The van der Waals surface area contributed by atoms with E-state index in [2.05, 4.69) is 20.0 Å². The van der Waals surface area contributed by atoms with E-state index in [1.165, 1.54) is 12.1 Å². The number of aromatic nitrogens is 2. The number of ether oxygens (including phenoxy) is 1. The fourth-order valence-electron chi connectivity index (χ4n) is 1.93. The van der Waals surface area contributed by atoms with E-state index < -0.39 is 12.4 Å². The van der Waals surface area contributed by atoms with Crippen molar-refractivity contribution in [1.82, 2.24) is 15.3 Å². The molecular weight excluding hydrogens is 271 g/mol. The van der Waals surface area contributed by atoms with Crippen LogP contribution in [0.25, 0.3) is 0 Å². The number of nitrogens with zero attached hydrogens (tertiary/aromatic N) is 1. The van der Waals surface area contributed by atoms with Gasteiger partial charge in [-0.2, -0.15) is 0 Å². The Morgan fingerprint density at radius 2 is 2.10 bits per heavy atom. The Kier molecular flexibility index (Phi) is 4.29. The summed E-state index contributed by atoms with van der Waals surface area (Å²) in [7, 11) is 0. The van der Waals surface area contributed by atoms with Crippen molar-refractivity contribution in [3.05, 3.63) is 48.0 Å². The quantitative estimate of drug-likeness (QED) is 0.888. The van der Waals surface area contributed by atoms with Gasteiger partial charge in [0.05, 0.1) is 6.04 Å². The van der Waals surface area contributed by atoms with Gasteiger partial charge in [-0.25, -0.2) is 4.98 Å². The van der Waals surface area contributed by atoms with Gasteiger partial charge in [0.1, 0.15) is 11.6 Å². The summed E-state index contributed by atoms with van der Waals surface area (Å²) in [5, 5.41) is 3.09. The van der Waals surface area contributed by atoms with Crippen LogP contribution in [0.5, 0.6) is 5.75 Å². The van der Waals surface area contributed by atoms with E-state index in [1.54, 1.807) is 24.5 Å². The van der Waals surface area contributed by atoms with E-state index in [4.69, 9.17) is 0 Å². The third kappa shape index (κ3) is 3.51. The number of alkyl halides is 3. The van der Waals surface area contributed by atoms with Crippen molar-refractivity contribution in [3.63, 3.8) is 0 Å². The van der Waals surface area contributed by atoms with Crippen molar-refractivity contribution in [1.29, 1.82) is 0 Å². The van der Waals surface area contributed by atoms with Gasteiger partial charge in [-0.3, -0.25) is 0 Å². The molecule has 0 saturated heterocycles. The first kappa shape index (κ1) is 14.4. The molecule has 0 radical (unpaired) electrons. The van der Waals surface area contributed by atoms with Gasteiger partial charge in [-0.15, -0.1) is 13.2 Å². The topological polar surface area (TPSA) is 49.9 Å². The smallest absolute Gasteiger partial charge is 0.405 e. The second-order valence-electron chi connectivity index (χ2n) is 4.05. The van der Waals surface area contributed by atoms with Gasteiger partial charge >= 0.3 is 6.36 Å². The first-order chi connectivity index (χ1) is 9.51. The van der Waals surface area contributed by atoms with Gasteiger partial charge in [-0.1, -0.05) is 25.1 Å². The molecule has 4 nitrogen and oxygen atoms in total. The maximum absolute atomic E-state index is 12.4. The number of hydrogen-bond donors (Lipinski definition) is 2. The zero-order valence-electron chi connectivity index (χ0n) is 10.7. The molecule has 2 rings (SSSR count). The molecule has 0 bridgehead atoms. The fourth-order valence-corrected chi connectivity index (χ4v) is 1.93. The van der Waals surface area contributed by atoms with Crippen molar-refractivity contribution in [2.45, 2.75) is 19.3 Å². The first-order valence-electron chi connectivity index (χ1n) is 6.08. The van der Waals surface area contributed by atoms with Crippen LogP contribution in [0.3, 0.4) is 0 Å². The average molecular weight is 285 g/mol. The molecular formula is C13H14F3N3O. The summed E-state index contributed by atoms with van der Waals surface area (Å²) in [5.41, 5.74) is 0.377. The van der Waals surface area contributed by atoms with Crippen LogP contribution in [0.4, 0.5) is 13.2 Å². The molecule has 1 atom stereocenters. The standard InChI is InChI=1S/C13H14F3N3O/c1-2-17-11(12-18-7-8-19-12)9-5-3-4-6-10(9)20-13(14,15)16/h3-8,11,17H,2H2,1H3,(H,18,19). The van der Waals surface area contributed by atoms with Crippen molar-refractivity contribution < 1.29 is 17.9 Å². The molecule has 0 aliphatic rings. The van der Waals surface area contributed by atoms with E-state index in [9.17, 15) is 13.2 Å². The van der Waals surface area contributed by atoms with Crippen molar-refractivity contribution in [2.75, 3.05) is 6.54 Å². The van der Waals surface area contributed by atoms with Gasteiger partial charge in [0, 0.05) is 18.0 Å². The highest BCUT2D eigenvalue weighted by Gasteiger charge is 2.33. The highest BCUT2D eigenvalue weighted by molar-refractivity contribution is 5.39. The summed E-state index contributed by atoms with van der Waals surface area (Å²) < 4.78 is 41.4. The van der Waals surface area contributed by atoms with Gasteiger partial charge < -0.3 is 15.0 Å². The number of benzene rings is 1. The number of aromatic amines is 1. The maximum Gasteiger partial charge on any atom is 0.573 e. The molecule has 0 spiro atoms. The van der Waals surface area contributed by atoms with Gasteiger partial charge in [0.2, 0.25) is 0 Å². The number of imidazole rings is 1. The molecule has 0 aliphatic heterocycles. The number of halogens is 3. The molecule has 0 aliphatic carbocycles. The summed E-state index contributed by atoms with van der Waals surface area (Å²) in [6, 6.07) is 5.53. The lowest BCUT2D eigenvalue weighted by Crippen LogP contribution is -2.25. The van der Waals surface area contributed by atoms with Gasteiger partial charge in [0.15, 0.2) is 0 Å². The summed E-state index contributed by atoms with van der Waals surface area (Å²) in [6.07, 6.45) is -1.56. The fraction of sp³-hybridized carbons (Fsp3) is 0.308. The molecule has 2 N–H and O–H groups in total. The minimum absolute atomic E-state index is 0.234. The Bertz CT molecular complexity index is 540. The van der Waals surface area contributed by atoms with E-state index in [1.807, 2.05) is 6.92 Å².